The summed E-state index contributed by atoms with van der Waals surface area (Å²) in [7, 11) is 1.96. The van der Waals surface area contributed by atoms with Gasteiger partial charge in [-0.05, 0) is 18.9 Å². The molecule has 1 saturated carbocycles. The van der Waals surface area contributed by atoms with Gasteiger partial charge in [-0.25, -0.2) is 0 Å². The van der Waals surface area contributed by atoms with Gasteiger partial charge in [0.25, 0.3) is 0 Å². The Kier molecular flexibility index (Phi) is 4.76. The average molecular weight is 373 g/mol. The second-order valence-corrected chi connectivity index (χ2v) is 8.20. The molecular formula is C18H20N4OS2. The number of hydrogen-bond acceptors (Lipinski definition) is 5. The highest BCUT2D eigenvalue weighted by molar-refractivity contribution is 7.99. The van der Waals surface area contributed by atoms with E-state index in [-0.39, 0.29) is 5.91 Å². The number of carbonyl (C=O) groups excluding carboxylic acids is 1. The minimum atomic E-state index is 0.0856. The van der Waals surface area contributed by atoms with Gasteiger partial charge < -0.3 is 9.88 Å². The third-order valence-corrected chi connectivity index (χ3v) is 6.59. The van der Waals surface area contributed by atoms with Crippen molar-refractivity contribution < 1.29 is 4.79 Å². The van der Waals surface area contributed by atoms with Gasteiger partial charge in [-0.2, -0.15) is 0 Å². The monoisotopic (exact) mass is 372 g/mol. The number of nitrogens with zero attached hydrogens (tertiary/aromatic N) is 3. The first kappa shape index (κ1) is 16.6. The van der Waals surface area contributed by atoms with Gasteiger partial charge in [0.15, 0.2) is 11.0 Å². The maximum Gasteiger partial charge on any atom is 0.230 e. The first-order valence-electron chi connectivity index (χ1n) is 8.50. The van der Waals surface area contributed by atoms with Crippen molar-refractivity contribution in [2.24, 2.45) is 7.05 Å². The number of amides is 1. The van der Waals surface area contributed by atoms with Crippen LogP contribution in [-0.4, -0.2) is 32.5 Å². The molecule has 4 rings (SSSR count). The fourth-order valence-electron chi connectivity index (χ4n) is 3.30. The zero-order chi connectivity index (χ0) is 17.2. The molecule has 1 aliphatic rings. The Balaban J connectivity index is 1.46. The van der Waals surface area contributed by atoms with Crippen LogP contribution in [0.2, 0.25) is 0 Å². The molecule has 0 bridgehead atoms. The SMILES string of the molecule is Cn1c(SCC(=O)NC2CCCC2)nnc1-c1csc2ccccc12. The van der Waals surface area contributed by atoms with Gasteiger partial charge in [0.1, 0.15) is 0 Å². The molecular weight excluding hydrogens is 352 g/mol. The summed E-state index contributed by atoms with van der Waals surface area (Å²) in [6.07, 6.45) is 4.66. The van der Waals surface area contributed by atoms with E-state index >= 15 is 0 Å². The predicted molar refractivity (Wildman–Crippen MR) is 103 cm³/mol. The maximum atomic E-state index is 12.1. The van der Waals surface area contributed by atoms with E-state index in [0.29, 0.717) is 11.8 Å². The van der Waals surface area contributed by atoms with Crippen molar-refractivity contribution >= 4 is 39.1 Å². The van der Waals surface area contributed by atoms with E-state index in [0.717, 1.165) is 29.4 Å². The molecule has 7 heteroatoms. The summed E-state index contributed by atoms with van der Waals surface area (Å²) in [6, 6.07) is 8.67. The van der Waals surface area contributed by atoms with Crippen LogP contribution in [-0.2, 0) is 11.8 Å². The van der Waals surface area contributed by atoms with E-state index in [1.807, 2.05) is 23.7 Å². The lowest BCUT2D eigenvalue weighted by molar-refractivity contribution is -0.119. The number of fused-ring (bicyclic) bond motifs is 1. The number of nitrogens with one attached hydrogen (secondary N) is 1. The smallest absolute Gasteiger partial charge is 0.230 e. The van der Waals surface area contributed by atoms with Crippen molar-refractivity contribution in [3.63, 3.8) is 0 Å². The van der Waals surface area contributed by atoms with Crippen molar-refractivity contribution in [3.05, 3.63) is 29.6 Å². The van der Waals surface area contributed by atoms with Crippen molar-refractivity contribution in [3.8, 4) is 11.4 Å². The Morgan fingerprint density at radius 3 is 2.96 bits per heavy atom. The van der Waals surface area contributed by atoms with Gasteiger partial charge in [-0.3, -0.25) is 4.79 Å². The number of rotatable bonds is 5. The summed E-state index contributed by atoms with van der Waals surface area (Å²) in [5.41, 5.74) is 1.10. The number of benzene rings is 1. The highest BCUT2D eigenvalue weighted by Crippen LogP contribution is 2.33. The van der Waals surface area contributed by atoms with Crippen LogP contribution in [0.25, 0.3) is 21.5 Å². The van der Waals surface area contributed by atoms with Crippen molar-refractivity contribution in [1.29, 1.82) is 0 Å². The molecule has 2 aromatic heterocycles. The van der Waals surface area contributed by atoms with Gasteiger partial charge in [0.05, 0.1) is 5.75 Å². The van der Waals surface area contributed by atoms with Crippen LogP contribution in [0, 0.1) is 0 Å². The molecule has 1 N–H and O–H groups in total. The number of carbonyl (C=O) groups is 1. The second-order valence-electron chi connectivity index (χ2n) is 6.35. The molecule has 0 unspecified atom stereocenters. The largest absolute Gasteiger partial charge is 0.353 e. The molecule has 130 valence electrons. The lowest BCUT2D eigenvalue weighted by Gasteiger charge is -2.11. The number of thioether (sulfide) groups is 1. The Morgan fingerprint density at radius 2 is 2.12 bits per heavy atom. The third-order valence-electron chi connectivity index (χ3n) is 4.61. The summed E-state index contributed by atoms with van der Waals surface area (Å²) < 4.78 is 3.22. The molecule has 0 spiro atoms. The van der Waals surface area contributed by atoms with E-state index < -0.39 is 0 Å². The molecule has 2 heterocycles. The standard InChI is InChI=1S/C18H20N4OS2/c1-22-17(14-10-24-15-9-5-4-8-13(14)15)20-21-18(22)25-11-16(23)19-12-6-2-3-7-12/h4-5,8-10,12H,2-3,6-7,11H2,1H3,(H,19,23). The van der Waals surface area contributed by atoms with Crippen LogP contribution in [0.5, 0.6) is 0 Å². The van der Waals surface area contributed by atoms with Crippen LogP contribution in [0.4, 0.5) is 0 Å². The summed E-state index contributed by atoms with van der Waals surface area (Å²) in [4.78, 5) is 12.1. The number of thiophene rings is 1. The van der Waals surface area contributed by atoms with E-state index in [1.54, 1.807) is 11.3 Å². The Labute approximate surface area is 154 Å². The quantitative estimate of drug-likeness (QED) is 0.691. The molecule has 1 aromatic carbocycles. The minimum Gasteiger partial charge on any atom is -0.353 e. The zero-order valence-electron chi connectivity index (χ0n) is 14.1. The fraction of sp³-hybridized carbons (Fsp3) is 0.389. The van der Waals surface area contributed by atoms with Crippen LogP contribution < -0.4 is 5.32 Å². The number of aromatic nitrogens is 3. The number of hydrogen-bond donors (Lipinski definition) is 1. The highest BCUT2D eigenvalue weighted by Gasteiger charge is 2.19. The third kappa shape index (κ3) is 3.43. The second kappa shape index (κ2) is 7.17. The lowest BCUT2D eigenvalue weighted by atomic mass is 10.2. The average Bonchev–Trinajstić information content (AvgIpc) is 3.33. The van der Waals surface area contributed by atoms with Gasteiger partial charge in [-0.15, -0.1) is 21.5 Å². The molecule has 1 amide bonds. The van der Waals surface area contributed by atoms with E-state index in [9.17, 15) is 4.79 Å². The molecule has 0 saturated heterocycles. The van der Waals surface area contributed by atoms with Gasteiger partial charge >= 0.3 is 0 Å². The maximum absolute atomic E-state index is 12.1. The van der Waals surface area contributed by atoms with Gasteiger partial charge in [0.2, 0.25) is 5.91 Å². The fourth-order valence-corrected chi connectivity index (χ4v) is 4.96. The molecule has 0 aliphatic heterocycles. The summed E-state index contributed by atoms with van der Waals surface area (Å²) in [5, 5.41) is 15.8. The Hall–Kier alpha value is -1.86. The van der Waals surface area contributed by atoms with E-state index in [1.165, 1.54) is 34.7 Å². The highest BCUT2D eigenvalue weighted by atomic mass is 32.2. The lowest BCUT2D eigenvalue weighted by Crippen LogP contribution is -2.33. The van der Waals surface area contributed by atoms with Crippen molar-refractivity contribution in [2.75, 3.05) is 5.75 Å². The van der Waals surface area contributed by atoms with Crippen LogP contribution in [0.1, 0.15) is 25.7 Å². The summed E-state index contributed by atoms with van der Waals surface area (Å²) >= 11 is 3.15. The first-order valence-corrected chi connectivity index (χ1v) is 10.4. The minimum absolute atomic E-state index is 0.0856. The molecule has 1 fully saturated rings. The molecule has 0 atom stereocenters. The summed E-state index contributed by atoms with van der Waals surface area (Å²) in [6.45, 7) is 0. The topological polar surface area (TPSA) is 59.8 Å². The normalized spacial score (nSPS) is 15.1. The van der Waals surface area contributed by atoms with E-state index in [4.69, 9.17) is 0 Å². The van der Waals surface area contributed by atoms with Gasteiger partial charge in [0, 0.05) is 34.1 Å². The van der Waals surface area contributed by atoms with Crippen LogP contribution in [0.15, 0.2) is 34.8 Å². The van der Waals surface area contributed by atoms with Crippen molar-refractivity contribution in [1.82, 2.24) is 20.1 Å². The molecule has 25 heavy (non-hydrogen) atoms. The predicted octanol–water partition coefficient (Wildman–Crippen LogP) is 3.85. The molecule has 0 radical (unpaired) electrons. The van der Waals surface area contributed by atoms with E-state index in [2.05, 4.69) is 33.0 Å². The van der Waals surface area contributed by atoms with Crippen molar-refractivity contribution in [2.45, 2.75) is 36.9 Å². The van der Waals surface area contributed by atoms with Crippen LogP contribution in [0.3, 0.4) is 0 Å². The molecule has 3 aromatic rings. The Morgan fingerprint density at radius 1 is 1.32 bits per heavy atom. The van der Waals surface area contributed by atoms with Gasteiger partial charge in [-0.1, -0.05) is 42.8 Å². The Bertz CT molecular complexity index is 896. The zero-order valence-corrected chi connectivity index (χ0v) is 15.7. The molecule has 5 nitrogen and oxygen atoms in total. The summed E-state index contributed by atoms with van der Waals surface area (Å²) in [5.74, 6) is 1.31. The van der Waals surface area contributed by atoms with Crippen LogP contribution >= 0.6 is 23.1 Å². The first-order chi connectivity index (χ1) is 12.2. The molecule has 1 aliphatic carbocycles.